The van der Waals surface area contributed by atoms with Crippen LogP contribution in [0.15, 0.2) is 4.99 Å². The Morgan fingerprint density at radius 1 is 1.73 bits per heavy atom. The number of halogens is 1. The minimum absolute atomic E-state index is 0.281. The summed E-state index contributed by atoms with van der Waals surface area (Å²) in [6, 6.07) is 0.281. The van der Waals surface area contributed by atoms with Gasteiger partial charge in [0.05, 0.1) is 6.04 Å². The quantitative estimate of drug-likeness (QED) is 0.522. The van der Waals surface area contributed by atoms with Crippen molar-refractivity contribution in [2.75, 3.05) is 20.1 Å². The predicted octanol–water partition coefficient (Wildman–Crippen LogP) is 0.387. The first-order chi connectivity index (χ1) is 5.22. The highest BCUT2D eigenvalue weighted by atomic mass is 79.9. The summed E-state index contributed by atoms with van der Waals surface area (Å²) in [5.41, 5.74) is 5.35. The Morgan fingerprint density at radius 3 is 2.73 bits per heavy atom. The van der Waals surface area contributed by atoms with Crippen LogP contribution in [0, 0.1) is 0 Å². The smallest absolute Gasteiger partial charge is 0.0544 e. The van der Waals surface area contributed by atoms with E-state index >= 15 is 0 Å². The Hall–Kier alpha value is 0.0700. The van der Waals surface area contributed by atoms with E-state index in [4.69, 9.17) is 5.73 Å². The molecule has 0 spiro atoms. The van der Waals surface area contributed by atoms with Crippen molar-refractivity contribution in [3.63, 3.8) is 0 Å². The molecule has 2 atom stereocenters. The standard InChI is InChI=1S/C7H16BrN3/c1-6(8)7(5-10-2)11-4-3-9/h5-7,11H,3-4,9H2,1-2H3/t6-,7?/m0/s1. The van der Waals surface area contributed by atoms with Crippen molar-refractivity contribution in [2.24, 2.45) is 10.7 Å². The number of hydrogen-bond donors (Lipinski definition) is 2. The van der Waals surface area contributed by atoms with Crippen LogP contribution in [-0.2, 0) is 0 Å². The molecule has 0 bridgehead atoms. The van der Waals surface area contributed by atoms with Crippen LogP contribution in [0.5, 0.6) is 0 Å². The van der Waals surface area contributed by atoms with Gasteiger partial charge in [0.15, 0.2) is 0 Å². The number of nitrogens with one attached hydrogen (secondary N) is 1. The van der Waals surface area contributed by atoms with E-state index in [1.54, 1.807) is 7.05 Å². The average Bonchev–Trinajstić information content (AvgIpc) is 1.97. The lowest BCUT2D eigenvalue weighted by Crippen LogP contribution is -2.39. The van der Waals surface area contributed by atoms with E-state index in [9.17, 15) is 0 Å². The minimum atomic E-state index is 0.281. The minimum Gasteiger partial charge on any atom is -0.329 e. The number of alkyl halides is 1. The van der Waals surface area contributed by atoms with E-state index in [1.807, 2.05) is 6.21 Å². The van der Waals surface area contributed by atoms with Gasteiger partial charge in [-0.25, -0.2) is 0 Å². The number of hydrogen-bond acceptors (Lipinski definition) is 3. The topological polar surface area (TPSA) is 50.4 Å². The van der Waals surface area contributed by atoms with Crippen LogP contribution in [0.1, 0.15) is 6.92 Å². The summed E-state index contributed by atoms with van der Waals surface area (Å²) in [4.78, 5) is 4.34. The molecule has 0 aliphatic heterocycles. The molecule has 66 valence electrons. The van der Waals surface area contributed by atoms with Gasteiger partial charge in [-0.3, -0.25) is 4.99 Å². The highest BCUT2D eigenvalue weighted by Gasteiger charge is 2.09. The van der Waals surface area contributed by atoms with Gasteiger partial charge in [0.1, 0.15) is 0 Å². The number of nitrogens with zero attached hydrogens (tertiary/aromatic N) is 1. The van der Waals surface area contributed by atoms with Gasteiger partial charge in [-0.1, -0.05) is 22.9 Å². The third kappa shape index (κ3) is 5.35. The van der Waals surface area contributed by atoms with Crippen LogP contribution in [0.2, 0.25) is 0 Å². The fourth-order valence-corrected chi connectivity index (χ4v) is 1.07. The zero-order valence-electron chi connectivity index (χ0n) is 7.05. The molecule has 0 saturated carbocycles. The van der Waals surface area contributed by atoms with Crippen LogP contribution in [0.3, 0.4) is 0 Å². The lowest BCUT2D eigenvalue weighted by molar-refractivity contribution is 0.630. The fourth-order valence-electron chi connectivity index (χ4n) is 0.744. The normalized spacial score (nSPS) is 17.1. The Kier molecular flexibility index (Phi) is 6.80. The average molecular weight is 222 g/mol. The summed E-state index contributed by atoms with van der Waals surface area (Å²) in [6.07, 6.45) is 1.88. The van der Waals surface area contributed by atoms with Gasteiger partial charge in [-0.2, -0.15) is 0 Å². The van der Waals surface area contributed by atoms with Crippen molar-refractivity contribution in [1.29, 1.82) is 0 Å². The first-order valence-corrected chi connectivity index (χ1v) is 4.63. The van der Waals surface area contributed by atoms with E-state index in [1.165, 1.54) is 0 Å². The molecule has 11 heavy (non-hydrogen) atoms. The fraction of sp³-hybridized carbons (Fsp3) is 0.857. The molecule has 0 aliphatic carbocycles. The first kappa shape index (κ1) is 11.1. The molecule has 3 nitrogen and oxygen atoms in total. The van der Waals surface area contributed by atoms with Gasteiger partial charge < -0.3 is 11.1 Å². The maximum atomic E-state index is 5.35. The van der Waals surface area contributed by atoms with Gasteiger partial charge in [0.2, 0.25) is 0 Å². The Morgan fingerprint density at radius 2 is 2.36 bits per heavy atom. The second-order valence-corrected chi connectivity index (χ2v) is 3.80. The molecular weight excluding hydrogens is 206 g/mol. The molecular formula is C7H16BrN3. The van der Waals surface area contributed by atoms with Crippen LogP contribution >= 0.6 is 15.9 Å². The monoisotopic (exact) mass is 221 g/mol. The summed E-state index contributed by atoms with van der Waals surface area (Å²) < 4.78 is 0. The van der Waals surface area contributed by atoms with Gasteiger partial charge in [0, 0.05) is 31.2 Å². The SMILES string of the molecule is CN=CC(NCCN)[C@H](C)Br. The molecule has 0 aromatic heterocycles. The Labute approximate surface area is 76.6 Å². The molecule has 0 rings (SSSR count). The largest absolute Gasteiger partial charge is 0.329 e. The summed E-state index contributed by atoms with van der Waals surface area (Å²) >= 11 is 3.48. The summed E-state index contributed by atoms with van der Waals surface area (Å²) in [6.45, 7) is 3.57. The lowest BCUT2D eigenvalue weighted by Gasteiger charge is -2.15. The number of aliphatic imine (C=N–C) groups is 1. The van der Waals surface area contributed by atoms with Crippen molar-refractivity contribution in [1.82, 2.24) is 5.32 Å². The van der Waals surface area contributed by atoms with E-state index in [2.05, 4.69) is 33.2 Å². The van der Waals surface area contributed by atoms with E-state index in [0.717, 1.165) is 6.54 Å². The van der Waals surface area contributed by atoms with Gasteiger partial charge in [-0.15, -0.1) is 0 Å². The second kappa shape index (κ2) is 6.76. The van der Waals surface area contributed by atoms with E-state index in [0.29, 0.717) is 11.4 Å². The summed E-state index contributed by atoms with van der Waals surface area (Å²) in [5, 5.41) is 3.25. The lowest BCUT2D eigenvalue weighted by atomic mass is 10.2. The molecule has 0 radical (unpaired) electrons. The van der Waals surface area contributed by atoms with Crippen LogP contribution < -0.4 is 11.1 Å². The van der Waals surface area contributed by atoms with Crippen molar-refractivity contribution in [3.05, 3.63) is 0 Å². The van der Waals surface area contributed by atoms with Crippen molar-refractivity contribution in [3.8, 4) is 0 Å². The van der Waals surface area contributed by atoms with Crippen molar-refractivity contribution >= 4 is 22.1 Å². The van der Waals surface area contributed by atoms with Gasteiger partial charge in [0.25, 0.3) is 0 Å². The number of nitrogens with two attached hydrogens (primary N) is 1. The molecule has 3 N–H and O–H groups in total. The maximum absolute atomic E-state index is 5.35. The van der Waals surface area contributed by atoms with Crippen molar-refractivity contribution in [2.45, 2.75) is 17.8 Å². The third-order valence-corrected chi connectivity index (χ3v) is 1.90. The van der Waals surface area contributed by atoms with Crippen molar-refractivity contribution < 1.29 is 0 Å². The molecule has 0 fully saturated rings. The molecule has 1 unspecified atom stereocenters. The highest BCUT2D eigenvalue weighted by Crippen LogP contribution is 2.01. The zero-order valence-corrected chi connectivity index (χ0v) is 8.63. The van der Waals surface area contributed by atoms with E-state index < -0.39 is 0 Å². The second-order valence-electron chi connectivity index (χ2n) is 2.35. The molecule has 0 saturated heterocycles. The van der Waals surface area contributed by atoms with Crippen LogP contribution in [0.25, 0.3) is 0 Å². The first-order valence-electron chi connectivity index (χ1n) is 3.72. The molecule has 0 heterocycles. The summed E-state index contributed by atoms with van der Waals surface area (Å²) in [5.74, 6) is 0. The summed E-state index contributed by atoms with van der Waals surface area (Å²) in [7, 11) is 1.77. The van der Waals surface area contributed by atoms with Crippen LogP contribution in [0.4, 0.5) is 0 Å². The van der Waals surface area contributed by atoms with Gasteiger partial charge in [-0.05, 0) is 0 Å². The molecule has 0 amide bonds. The molecule has 0 aliphatic rings. The highest BCUT2D eigenvalue weighted by molar-refractivity contribution is 9.09. The zero-order chi connectivity index (χ0) is 8.69. The Balaban J connectivity index is 3.70. The predicted molar refractivity (Wildman–Crippen MR) is 53.7 cm³/mol. The third-order valence-electron chi connectivity index (χ3n) is 1.33. The number of rotatable bonds is 5. The van der Waals surface area contributed by atoms with Gasteiger partial charge >= 0.3 is 0 Å². The molecule has 0 aromatic carbocycles. The van der Waals surface area contributed by atoms with E-state index in [-0.39, 0.29) is 6.04 Å². The maximum Gasteiger partial charge on any atom is 0.0544 e. The molecule has 0 aromatic rings. The Bertz CT molecular complexity index is 114. The van der Waals surface area contributed by atoms with Crippen LogP contribution in [-0.4, -0.2) is 37.2 Å². The molecule has 4 heteroatoms.